The third kappa shape index (κ3) is 2.42. The zero-order valence-electron chi connectivity index (χ0n) is 10.1. The van der Waals surface area contributed by atoms with Gasteiger partial charge in [0.25, 0.3) is 0 Å². The highest BCUT2D eigenvalue weighted by atomic mass is 16.5. The van der Waals surface area contributed by atoms with Gasteiger partial charge in [-0.05, 0) is 12.0 Å². The first-order chi connectivity index (χ1) is 9.25. The van der Waals surface area contributed by atoms with Crippen molar-refractivity contribution in [3.63, 3.8) is 0 Å². The lowest BCUT2D eigenvalue weighted by Gasteiger charge is -2.17. The number of carbonyl (C=O) groups is 1. The van der Waals surface area contributed by atoms with Crippen LogP contribution in [0.1, 0.15) is 23.8 Å². The number of benzene rings is 1. The van der Waals surface area contributed by atoms with Crippen molar-refractivity contribution in [2.45, 2.75) is 24.9 Å². The van der Waals surface area contributed by atoms with Crippen LogP contribution in [0.25, 0.3) is 0 Å². The Balaban J connectivity index is 1.71. The van der Waals surface area contributed by atoms with Crippen LogP contribution in [0.4, 0.5) is 4.79 Å². The fraction of sp³-hybridized carbons (Fsp3) is 0.308. The van der Waals surface area contributed by atoms with Gasteiger partial charge >= 0.3 is 6.09 Å². The first-order valence-electron chi connectivity index (χ1n) is 6.06. The van der Waals surface area contributed by atoms with Crippen LogP contribution in [0.2, 0.25) is 0 Å². The molecule has 0 aliphatic heterocycles. The summed E-state index contributed by atoms with van der Waals surface area (Å²) in [6, 6.07) is 9.93. The molecular weight excluding hydrogens is 246 g/mol. The van der Waals surface area contributed by atoms with E-state index in [9.17, 15) is 9.90 Å². The summed E-state index contributed by atoms with van der Waals surface area (Å²) in [5.41, 5.74) is 1.17. The van der Waals surface area contributed by atoms with Crippen LogP contribution in [0, 0.1) is 0 Å². The second kappa shape index (κ2) is 4.72. The molecule has 2 aromatic rings. The van der Waals surface area contributed by atoms with Gasteiger partial charge in [-0.2, -0.15) is 4.98 Å². The summed E-state index contributed by atoms with van der Waals surface area (Å²) in [6.45, 7) is 0.142. The summed E-state index contributed by atoms with van der Waals surface area (Å²) in [5.74, 6) is 0.585. The average molecular weight is 259 g/mol. The third-order valence-electron chi connectivity index (χ3n) is 3.34. The molecule has 1 aliphatic rings. The highest BCUT2D eigenvalue weighted by Crippen LogP contribution is 2.45. The summed E-state index contributed by atoms with van der Waals surface area (Å²) in [7, 11) is 0. The van der Waals surface area contributed by atoms with Gasteiger partial charge in [-0.15, -0.1) is 0 Å². The van der Waals surface area contributed by atoms with Crippen LogP contribution < -0.4 is 0 Å². The van der Waals surface area contributed by atoms with Crippen LogP contribution in [-0.2, 0) is 6.54 Å². The van der Waals surface area contributed by atoms with Gasteiger partial charge < -0.3 is 9.63 Å². The third-order valence-corrected chi connectivity index (χ3v) is 3.34. The summed E-state index contributed by atoms with van der Waals surface area (Å²) in [5, 5.41) is 12.8. The topological polar surface area (TPSA) is 79.5 Å². The van der Waals surface area contributed by atoms with Crippen molar-refractivity contribution >= 4 is 6.09 Å². The molecule has 0 saturated heterocycles. The SMILES string of the molecule is O=C(O)N(Cc1ncno1)[C@@H]1C[C@H]1c1ccccc1. The molecule has 0 bridgehead atoms. The van der Waals surface area contributed by atoms with E-state index in [4.69, 9.17) is 4.52 Å². The van der Waals surface area contributed by atoms with Crippen LogP contribution in [-0.4, -0.2) is 32.3 Å². The Morgan fingerprint density at radius 3 is 2.84 bits per heavy atom. The Bertz CT molecular complexity index is 556. The van der Waals surface area contributed by atoms with E-state index in [-0.39, 0.29) is 18.5 Å². The number of carboxylic acid groups (broad SMARTS) is 1. The van der Waals surface area contributed by atoms with Gasteiger partial charge in [0.2, 0.25) is 5.89 Å². The molecule has 0 radical (unpaired) electrons. The monoisotopic (exact) mass is 259 g/mol. The Morgan fingerprint density at radius 1 is 1.42 bits per heavy atom. The molecule has 1 heterocycles. The summed E-state index contributed by atoms with van der Waals surface area (Å²) in [6.07, 6.45) is 1.16. The van der Waals surface area contributed by atoms with Crippen molar-refractivity contribution < 1.29 is 14.4 Å². The molecule has 2 atom stereocenters. The van der Waals surface area contributed by atoms with Gasteiger partial charge in [0.1, 0.15) is 6.54 Å². The maximum absolute atomic E-state index is 11.3. The second-order valence-corrected chi connectivity index (χ2v) is 4.57. The molecule has 6 heteroatoms. The van der Waals surface area contributed by atoms with Gasteiger partial charge in [-0.3, -0.25) is 4.90 Å². The quantitative estimate of drug-likeness (QED) is 0.909. The predicted octanol–water partition coefficient (Wildman–Crippen LogP) is 2.11. The second-order valence-electron chi connectivity index (χ2n) is 4.57. The zero-order chi connectivity index (χ0) is 13.2. The fourth-order valence-corrected chi connectivity index (χ4v) is 2.32. The van der Waals surface area contributed by atoms with Crippen LogP contribution in [0.3, 0.4) is 0 Å². The molecule has 1 saturated carbocycles. The van der Waals surface area contributed by atoms with E-state index in [1.807, 2.05) is 30.3 Å². The van der Waals surface area contributed by atoms with Gasteiger partial charge in [0.05, 0.1) is 0 Å². The van der Waals surface area contributed by atoms with Crippen LogP contribution in [0.15, 0.2) is 41.2 Å². The lowest BCUT2D eigenvalue weighted by Crippen LogP contribution is -2.32. The van der Waals surface area contributed by atoms with Crippen molar-refractivity contribution in [3.05, 3.63) is 48.1 Å². The number of rotatable bonds is 4. The molecular formula is C13H13N3O3. The molecule has 19 heavy (non-hydrogen) atoms. The maximum Gasteiger partial charge on any atom is 0.408 e. The summed E-state index contributed by atoms with van der Waals surface area (Å²) in [4.78, 5) is 16.5. The van der Waals surface area contributed by atoms with Crippen molar-refractivity contribution in [2.24, 2.45) is 0 Å². The normalized spacial score (nSPS) is 21.1. The molecule has 6 nitrogen and oxygen atoms in total. The Labute approximate surface area is 109 Å². The molecule has 0 unspecified atom stereocenters. The summed E-state index contributed by atoms with van der Waals surface area (Å²) >= 11 is 0. The van der Waals surface area contributed by atoms with Crippen LogP contribution >= 0.6 is 0 Å². The van der Waals surface area contributed by atoms with Crippen molar-refractivity contribution in [1.82, 2.24) is 15.0 Å². The van der Waals surface area contributed by atoms with E-state index in [0.717, 1.165) is 6.42 Å². The van der Waals surface area contributed by atoms with Crippen LogP contribution in [0.5, 0.6) is 0 Å². The minimum Gasteiger partial charge on any atom is -0.465 e. The fourth-order valence-electron chi connectivity index (χ4n) is 2.32. The molecule has 1 aromatic carbocycles. The Hall–Kier alpha value is -2.37. The molecule has 1 N–H and O–H groups in total. The minimum atomic E-state index is -0.957. The Kier molecular flexibility index (Phi) is 2.91. The van der Waals surface area contributed by atoms with Gasteiger partial charge in [-0.25, -0.2) is 4.79 Å². The predicted molar refractivity (Wildman–Crippen MR) is 65.5 cm³/mol. The molecule has 1 aliphatic carbocycles. The Morgan fingerprint density at radius 2 is 2.21 bits per heavy atom. The van der Waals surface area contributed by atoms with E-state index in [1.165, 1.54) is 16.8 Å². The number of hydrogen-bond donors (Lipinski definition) is 1. The number of aromatic nitrogens is 2. The van der Waals surface area contributed by atoms with Crippen molar-refractivity contribution in [2.75, 3.05) is 0 Å². The molecule has 3 rings (SSSR count). The van der Waals surface area contributed by atoms with E-state index in [2.05, 4.69) is 10.1 Å². The van der Waals surface area contributed by atoms with E-state index in [1.54, 1.807) is 0 Å². The lowest BCUT2D eigenvalue weighted by atomic mass is 10.1. The minimum absolute atomic E-state index is 0.00759. The van der Waals surface area contributed by atoms with E-state index < -0.39 is 6.09 Å². The standard InChI is InChI=1S/C13H13N3O3/c17-13(18)16(7-12-14-8-15-19-12)11-6-10(11)9-4-2-1-3-5-9/h1-5,8,10-11H,6-7H2,(H,17,18)/t10-,11+/m0/s1. The molecule has 1 fully saturated rings. The average Bonchev–Trinajstić information content (AvgIpc) is 3.04. The highest BCUT2D eigenvalue weighted by molar-refractivity contribution is 5.66. The lowest BCUT2D eigenvalue weighted by molar-refractivity contribution is 0.131. The first-order valence-corrected chi connectivity index (χ1v) is 6.06. The van der Waals surface area contributed by atoms with Crippen molar-refractivity contribution in [3.8, 4) is 0 Å². The molecule has 98 valence electrons. The van der Waals surface area contributed by atoms with Crippen molar-refractivity contribution in [1.29, 1.82) is 0 Å². The summed E-state index contributed by atoms with van der Waals surface area (Å²) < 4.78 is 4.87. The van der Waals surface area contributed by atoms with E-state index in [0.29, 0.717) is 5.89 Å². The largest absolute Gasteiger partial charge is 0.465 e. The van der Waals surface area contributed by atoms with E-state index >= 15 is 0 Å². The molecule has 1 aromatic heterocycles. The number of hydrogen-bond acceptors (Lipinski definition) is 4. The zero-order valence-corrected chi connectivity index (χ0v) is 10.1. The maximum atomic E-state index is 11.3. The van der Waals surface area contributed by atoms with Gasteiger partial charge in [0.15, 0.2) is 6.33 Å². The molecule has 0 spiro atoms. The molecule has 1 amide bonds. The number of amides is 1. The van der Waals surface area contributed by atoms with Gasteiger partial charge in [-0.1, -0.05) is 35.5 Å². The highest BCUT2D eigenvalue weighted by Gasteiger charge is 2.45. The smallest absolute Gasteiger partial charge is 0.408 e. The first kappa shape index (κ1) is 11.7. The number of nitrogens with zero attached hydrogens (tertiary/aromatic N) is 3. The van der Waals surface area contributed by atoms with Gasteiger partial charge in [0, 0.05) is 12.0 Å².